The molecule has 36 heavy (non-hydrogen) atoms. The van der Waals surface area contributed by atoms with Crippen molar-refractivity contribution in [3.8, 4) is 0 Å². The van der Waals surface area contributed by atoms with Crippen molar-refractivity contribution in [3.63, 3.8) is 0 Å². The predicted octanol–water partition coefficient (Wildman–Crippen LogP) is 5.59. The number of hydrogen-bond acceptors (Lipinski definition) is 4. The normalized spacial score (nSPS) is 11.3. The second-order valence-electron chi connectivity index (χ2n) is 8.86. The molecule has 0 atom stereocenters. The van der Waals surface area contributed by atoms with Crippen LogP contribution in [0.5, 0.6) is 0 Å². The van der Waals surface area contributed by atoms with Crippen LogP contribution in [0.1, 0.15) is 17.0 Å². The summed E-state index contributed by atoms with van der Waals surface area (Å²) in [5, 5.41) is 3.64. The molecule has 0 radical (unpaired) electrons. The van der Waals surface area contributed by atoms with Gasteiger partial charge in [-0.2, -0.15) is 0 Å². The van der Waals surface area contributed by atoms with E-state index in [1.54, 1.807) is 23.3 Å². The largest absolute Gasteiger partial charge is 0.464 e. The Bertz CT molecular complexity index is 1770. The molecule has 4 aromatic carbocycles. The van der Waals surface area contributed by atoms with Crippen molar-refractivity contribution in [2.75, 3.05) is 0 Å². The van der Waals surface area contributed by atoms with Crippen LogP contribution in [0.4, 0.5) is 0 Å². The van der Waals surface area contributed by atoms with E-state index in [2.05, 4.69) is 16.0 Å². The molecule has 176 valence electrons. The molecule has 0 aliphatic heterocycles. The number of hydrogen-bond donors (Lipinski definition) is 1. The van der Waals surface area contributed by atoms with Crippen LogP contribution >= 0.6 is 0 Å². The minimum absolute atomic E-state index is 0.0784. The molecule has 1 N–H and O–H groups in total. The van der Waals surface area contributed by atoms with Gasteiger partial charge in [0.15, 0.2) is 0 Å². The lowest BCUT2D eigenvalue weighted by Crippen LogP contribution is -2.32. The number of para-hydroxylation sites is 1. The van der Waals surface area contributed by atoms with Crippen LogP contribution < -0.4 is 5.56 Å². The zero-order valence-corrected chi connectivity index (χ0v) is 19.5. The van der Waals surface area contributed by atoms with Gasteiger partial charge in [-0.15, -0.1) is 0 Å². The molecule has 0 fully saturated rings. The van der Waals surface area contributed by atoms with Crippen molar-refractivity contribution < 1.29 is 9.21 Å². The Morgan fingerprint density at radius 2 is 1.58 bits per heavy atom. The SMILES string of the molecule is O=C(Cc1coc2ccc3ccccc3c12)N(Cc1ccccc1)Cc1nc2ccccc2c(=O)[nH]1. The van der Waals surface area contributed by atoms with Crippen LogP contribution in [0.2, 0.25) is 0 Å². The fourth-order valence-electron chi connectivity index (χ4n) is 4.71. The first-order valence-corrected chi connectivity index (χ1v) is 11.8. The molecule has 0 unspecified atom stereocenters. The van der Waals surface area contributed by atoms with Gasteiger partial charge < -0.3 is 14.3 Å². The van der Waals surface area contributed by atoms with Crippen LogP contribution in [-0.4, -0.2) is 20.8 Å². The molecular weight excluding hydrogens is 450 g/mol. The molecule has 0 aliphatic rings. The molecule has 0 aliphatic carbocycles. The smallest absolute Gasteiger partial charge is 0.258 e. The molecule has 0 saturated carbocycles. The molecule has 2 aromatic heterocycles. The summed E-state index contributed by atoms with van der Waals surface area (Å²) < 4.78 is 5.81. The lowest BCUT2D eigenvalue weighted by molar-refractivity contribution is -0.131. The third-order valence-electron chi connectivity index (χ3n) is 6.45. The van der Waals surface area contributed by atoms with Gasteiger partial charge in [0.05, 0.1) is 30.1 Å². The lowest BCUT2D eigenvalue weighted by atomic mass is 10.0. The average Bonchev–Trinajstić information content (AvgIpc) is 3.32. The van der Waals surface area contributed by atoms with Crippen LogP contribution in [0.15, 0.2) is 106 Å². The molecule has 6 rings (SSSR count). The minimum Gasteiger partial charge on any atom is -0.464 e. The van der Waals surface area contributed by atoms with Crippen LogP contribution in [-0.2, 0) is 24.3 Å². The standard InChI is InChI=1S/C30H23N3O3/c34-28(16-22-19-36-26-15-14-21-10-4-5-11-23(21)29(22)26)33(17-20-8-2-1-3-9-20)18-27-31-25-13-7-6-12-24(25)30(35)32-27/h1-15,19H,16-18H2,(H,31,32,35). The fraction of sp³-hybridized carbons (Fsp3) is 0.100. The number of nitrogens with zero attached hydrogens (tertiary/aromatic N) is 2. The second kappa shape index (κ2) is 9.15. The van der Waals surface area contributed by atoms with E-state index >= 15 is 0 Å². The average molecular weight is 474 g/mol. The topological polar surface area (TPSA) is 79.2 Å². The number of rotatable bonds is 6. The van der Waals surface area contributed by atoms with Crippen LogP contribution in [0.25, 0.3) is 32.6 Å². The van der Waals surface area contributed by atoms with Gasteiger partial charge in [-0.3, -0.25) is 9.59 Å². The highest BCUT2D eigenvalue weighted by Crippen LogP contribution is 2.30. The van der Waals surface area contributed by atoms with Crippen LogP contribution in [0.3, 0.4) is 0 Å². The third-order valence-corrected chi connectivity index (χ3v) is 6.45. The maximum atomic E-state index is 13.7. The Labute approximate surface area is 206 Å². The molecular formula is C30H23N3O3. The van der Waals surface area contributed by atoms with Gasteiger partial charge in [-0.1, -0.05) is 72.8 Å². The van der Waals surface area contributed by atoms with Crippen molar-refractivity contribution in [3.05, 3.63) is 125 Å². The number of nitrogens with one attached hydrogen (secondary N) is 1. The number of furan rings is 1. The van der Waals surface area contributed by atoms with Gasteiger partial charge >= 0.3 is 0 Å². The Kier molecular flexibility index (Phi) is 5.54. The lowest BCUT2D eigenvalue weighted by Gasteiger charge is -2.22. The number of amides is 1. The molecule has 0 spiro atoms. The summed E-state index contributed by atoms with van der Waals surface area (Å²) >= 11 is 0. The monoisotopic (exact) mass is 473 g/mol. The summed E-state index contributed by atoms with van der Waals surface area (Å²) in [4.78, 5) is 35.5. The number of carbonyl (C=O) groups is 1. The quantitative estimate of drug-likeness (QED) is 0.342. The number of aromatic amines is 1. The molecule has 2 heterocycles. The van der Waals surface area contributed by atoms with Gasteiger partial charge in [0.25, 0.3) is 5.56 Å². The summed E-state index contributed by atoms with van der Waals surface area (Å²) in [6, 6.07) is 29.1. The van der Waals surface area contributed by atoms with E-state index in [1.165, 1.54) is 0 Å². The van der Waals surface area contributed by atoms with E-state index in [-0.39, 0.29) is 24.4 Å². The number of fused-ring (bicyclic) bond motifs is 4. The minimum atomic E-state index is -0.213. The van der Waals surface area contributed by atoms with Gasteiger partial charge in [-0.25, -0.2) is 4.98 Å². The Balaban J connectivity index is 1.36. The van der Waals surface area contributed by atoms with Crippen molar-refractivity contribution in [1.29, 1.82) is 0 Å². The summed E-state index contributed by atoms with van der Waals surface area (Å²) in [7, 11) is 0. The highest BCUT2D eigenvalue weighted by atomic mass is 16.3. The molecule has 6 aromatic rings. The Hall–Kier alpha value is -4.71. The first kappa shape index (κ1) is 21.8. The predicted molar refractivity (Wildman–Crippen MR) is 140 cm³/mol. The van der Waals surface area contributed by atoms with Crippen molar-refractivity contribution in [1.82, 2.24) is 14.9 Å². The van der Waals surface area contributed by atoms with Crippen molar-refractivity contribution >= 4 is 38.6 Å². The summed E-state index contributed by atoms with van der Waals surface area (Å²) in [5.41, 5.74) is 2.98. The number of H-pyrrole nitrogens is 1. The number of carbonyl (C=O) groups excluding carboxylic acids is 1. The van der Waals surface area contributed by atoms with Gasteiger partial charge in [0.1, 0.15) is 11.4 Å². The van der Waals surface area contributed by atoms with E-state index in [1.807, 2.05) is 72.8 Å². The highest BCUT2D eigenvalue weighted by Gasteiger charge is 2.20. The van der Waals surface area contributed by atoms with Gasteiger partial charge in [0.2, 0.25) is 5.91 Å². The summed E-state index contributed by atoms with van der Waals surface area (Å²) in [6.07, 6.45) is 1.84. The number of aromatic nitrogens is 2. The maximum absolute atomic E-state index is 13.7. The highest BCUT2D eigenvalue weighted by molar-refractivity contribution is 6.08. The van der Waals surface area contributed by atoms with Gasteiger partial charge in [0, 0.05) is 17.5 Å². The van der Waals surface area contributed by atoms with Crippen molar-refractivity contribution in [2.45, 2.75) is 19.5 Å². The summed E-state index contributed by atoms with van der Waals surface area (Å²) in [5.74, 6) is 0.371. The van der Waals surface area contributed by atoms with E-state index in [0.29, 0.717) is 23.3 Å². The molecule has 6 nitrogen and oxygen atoms in total. The molecule has 0 bridgehead atoms. The second-order valence-corrected chi connectivity index (χ2v) is 8.86. The van der Waals surface area contributed by atoms with E-state index in [4.69, 9.17) is 4.42 Å². The van der Waals surface area contributed by atoms with Crippen molar-refractivity contribution in [2.24, 2.45) is 0 Å². The number of benzene rings is 4. The molecule has 0 saturated heterocycles. The van der Waals surface area contributed by atoms with E-state index in [0.717, 1.165) is 32.9 Å². The maximum Gasteiger partial charge on any atom is 0.258 e. The summed E-state index contributed by atoms with van der Waals surface area (Å²) in [6.45, 7) is 0.580. The van der Waals surface area contributed by atoms with E-state index < -0.39 is 0 Å². The molecule has 1 amide bonds. The Morgan fingerprint density at radius 1 is 0.833 bits per heavy atom. The molecule has 6 heteroatoms. The van der Waals surface area contributed by atoms with E-state index in [9.17, 15) is 9.59 Å². The van der Waals surface area contributed by atoms with Crippen LogP contribution in [0, 0.1) is 0 Å². The first-order valence-electron chi connectivity index (χ1n) is 11.8. The first-order chi connectivity index (χ1) is 17.7. The third kappa shape index (κ3) is 4.14. The Morgan fingerprint density at radius 3 is 2.44 bits per heavy atom. The zero-order valence-electron chi connectivity index (χ0n) is 19.5. The van der Waals surface area contributed by atoms with Gasteiger partial charge in [-0.05, 0) is 34.5 Å². The fourth-order valence-corrected chi connectivity index (χ4v) is 4.71. The zero-order chi connectivity index (χ0) is 24.5.